The molecule has 0 aromatic heterocycles. The van der Waals surface area contributed by atoms with Crippen molar-refractivity contribution in [3.05, 3.63) is 35.5 Å². The minimum absolute atomic E-state index is 0.0506. The zero-order valence-electron chi connectivity index (χ0n) is 10.9. The average Bonchev–Trinajstić information content (AvgIpc) is 2.99. The second kappa shape index (κ2) is 4.33. The molecule has 0 heterocycles. The van der Waals surface area contributed by atoms with Crippen molar-refractivity contribution in [1.29, 1.82) is 0 Å². The molecule has 2 bridgehead atoms. The Morgan fingerprint density at radius 3 is 2.55 bits per heavy atom. The van der Waals surface area contributed by atoms with Gasteiger partial charge in [-0.1, -0.05) is 67.3 Å². The number of rotatable bonds is 0. The zero-order chi connectivity index (χ0) is 14.1. The summed E-state index contributed by atoms with van der Waals surface area (Å²) in [7, 11) is 0. The van der Waals surface area contributed by atoms with Gasteiger partial charge in [-0.05, 0) is 37.5 Å². The summed E-state index contributed by atoms with van der Waals surface area (Å²) >= 11 is 14.3. The van der Waals surface area contributed by atoms with E-state index in [0.717, 1.165) is 19.3 Å². The number of alkyl halides is 3. The fourth-order valence-corrected chi connectivity index (χ4v) is 6.06. The van der Waals surface area contributed by atoms with Gasteiger partial charge in [0.05, 0.1) is 3.23 Å². The van der Waals surface area contributed by atoms with Gasteiger partial charge in [0.2, 0.25) is 0 Å². The van der Waals surface area contributed by atoms with Gasteiger partial charge in [-0.3, -0.25) is 4.79 Å². The van der Waals surface area contributed by atoms with Gasteiger partial charge >= 0.3 is 0 Å². The molecule has 0 aromatic carbocycles. The summed E-state index contributed by atoms with van der Waals surface area (Å²) in [5, 5.41) is 0. The predicted molar refractivity (Wildman–Crippen MR) is 88.4 cm³/mol. The number of allylic oxidation sites excluding steroid dienone is 6. The minimum Gasteiger partial charge on any atom is -0.297 e. The van der Waals surface area contributed by atoms with Crippen molar-refractivity contribution < 1.29 is 4.79 Å². The van der Waals surface area contributed by atoms with Crippen LogP contribution < -0.4 is 0 Å². The molecule has 4 aliphatic carbocycles. The highest BCUT2D eigenvalue weighted by molar-refractivity contribution is 9.25. The molecule has 1 saturated carbocycles. The summed E-state index contributed by atoms with van der Waals surface area (Å²) in [4.78, 5) is 11.8. The molecule has 106 valence electrons. The van der Waals surface area contributed by atoms with E-state index >= 15 is 0 Å². The molecule has 1 nitrogen and oxygen atoms in total. The van der Waals surface area contributed by atoms with Crippen LogP contribution in [0.3, 0.4) is 0 Å². The first-order valence-corrected chi connectivity index (χ1v) is 9.05. The standard InChI is InChI=1S/C16H15Br2ClO/c17-16(18)12-6-10-5-9-3-1-2-4-15(19,14(9)20)8-11(10)7-13(12)16/h1-4,9,12-13H,5-8H2/t9-,12-,13+,15-/m0/s1. The van der Waals surface area contributed by atoms with Crippen LogP contribution in [-0.2, 0) is 4.79 Å². The van der Waals surface area contributed by atoms with E-state index in [2.05, 4.69) is 31.9 Å². The average molecular weight is 419 g/mol. The number of hydrogen-bond donors (Lipinski definition) is 0. The summed E-state index contributed by atoms with van der Waals surface area (Å²) in [5.74, 6) is 1.44. The Labute approximate surface area is 140 Å². The number of ketones is 1. The van der Waals surface area contributed by atoms with E-state index in [9.17, 15) is 4.79 Å². The van der Waals surface area contributed by atoms with E-state index in [1.54, 1.807) is 0 Å². The summed E-state index contributed by atoms with van der Waals surface area (Å²) in [6.07, 6.45) is 11.5. The Bertz CT molecular complexity index is 589. The van der Waals surface area contributed by atoms with Gasteiger partial charge in [0, 0.05) is 5.92 Å². The van der Waals surface area contributed by atoms with Crippen molar-refractivity contribution in [3.63, 3.8) is 0 Å². The first kappa shape index (κ1) is 13.8. The highest BCUT2D eigenvalue weighted by Gasteiger charge is 2.63. The molecule has 1 fully saturated rings. The maximum absolute atomic E-state index is 12.7. The van der Waals surface area contributed by atoms with Crippen molar-refractivity contribution in [3.8, 4) is 0 Å². The van der Waals surface area contributed by atoms with E-state index in [0.29, 0.717) is 18.3 Å². The van der Waals surface area contributed by atoms with E-state index < -0.39 is 4.87 Å². The molecule has 0 unspecified atom stereocenters. The maximum atomic E-state index is 12.7. The predicted octanol–water partition coefficient (Wildman–Crippen LogP) is 4.89. The largest absolute Gasteiger partial charge is 0.297 e. The van der Waals surface area contributed by atoms with E-state index in [4.69, 9.17) is 11.6 Å². The third-order valence-corrected chi connectivity index (χ3v) is 8.09. The third-order valence-electron chi connectivity index (χ3n) is 5.30. The quantitative estimate of drug-likeness (QED) is 0.404. The fourth-order valence-electron chi connectivity index (χ4n) is 4.03. The molecular formula is C16H15Br2ClO. The summed E-state index contributed by atoms with van der Waals surface area (Å²) in [6, 6.07) is 0. The van der Waals surface area contributed by atoms with Crippen LogP contribution in [0.15, 0.2) is 35.5 Å². The molecule has 4 rings (SSSR count). The molecule has 0 saturated heterocycles. The number of hydrogen-bond acceptors (Lipinski definition) is 1. The van der Waals surface area contributed by atoms with E-state index in [1.807, 2.05) is 24.3 Å². The van der Waals surface area contributed by atoms with Crippen LogP contribution in [0.2, 0.25) is 0 Å². The van der Waals surface area contributed by atoms with Gasteiger partial charge < -0.3 is 0 Å². The molecule has 0 aliphatic heterocycles. The molecule has 4 aliphatic rings. The van der Waals surface area contributed by atoms with Crippen LogP contribution in [-0.4, -0.2) is 13.9 Å². The smallest absolute Gasteiger partial charge is 0.165 e. The fraction of sp³-hybridized carbons (Fsp3) is 0.562. The molecule has 0 N–H and O–H groups in total. The molecule has 0 amide bonds. The van der Waals surface area contributed by atoms with Gasteiger partial charge in [0.15, 0.2) is 5.78 Å². The van der Waals surface area contributed by atoms with Crippen LogP contribution in [0.4, 0.5) is 0 Å². The lowest BCUT2D eigenvalue weighted by Crippen LogP contribution is -2.33. The van der Waals surface area contributed by atoms with Crippen LogP contribution in [0.25, 0.3) is 0 Å². The Kier molecular flexibility index (Phi) is 2.98. The normalized spacial score (nSPS) is 44.5. The van der Waals surface area contributed by atoms with Crippen molar-refractivity contribution in [2.24, 2.45) is 17.8 Å². The lowest BCUT2D eigenvalue weighted by molar-refractivity contribution is -0.122. The van der Waals surface area contributed by atoms with Crippen LogP contribution in [0, 0.1) is 17.8 Å². The number of fused-ring (bicyclic) bond motifs is 3. The van der Waals surface area contributed by atoms with Crippen molar-refractivity contribution >= 4 is 49.2 Å². The van der Waals surface area contributed by atoms with Crippen molar-refractivity contribution in [1.82, 2.24) is 0 Å². The zero-order valence-corrected chi connectivity index (χ0v) is 14.8. The molecule has 20 heavy (non-hydrogen) atoms. The summed E-state index contributed by atoms with van der Waals surface area (Å²) in [5.41, 5.74) is 2.91. The van der Waals surface area contributed by atoms with Gasteiger partial charge in [-0.15, -0.1) is 11.6 Å². The second-order valence-corrected chi connectivity index (χ2v) is 10.8. The molecule has 0 aromatic rings. The summed E-state index contributed by atoms with van der Waals surface area (Å²) < 4.78 is 0.118. The van der Waals surface area contributed by atoms with Crippen molar-refractivity contribution in [2.45, 2.75) is 33.8 Å². The number of carbonyl (C=O) groups is 1. The Balaban J connectivity index is 1.72. The summed E-state index contributed by atoms with van der Waals surface area (Å²) in [6.45, 7) is 0. The van der Waals surface area contributed by atoms with Crippen LogP contribution in [0.5, 0.6) is 0 Å². The van der Waals surface area contributed by atoms with Gasteiger partial charge in [-0.2, -0.15) is 0 Å². The van der Waals surface area contributed by atoms with Gasteiger partial charge in [0.1, 0.15) is 4.87 Å². The Morgan fingerprint density at radius 2 is 1.80 bits per heavy atom. The topological polar surface area (TPSA) is 17.1 Å². The second-order valence-electron chi connectivity index (χ2n) is 6.46. The Hall–Kier alpha value is 0.140. The van der Waals surface area contributed by atoms with Crippen molar-refractivity contribution in [2.75, 3.05) is 0 Å². The first-order valence-electron chi connectivity index (χ1n) is 7.08. The number of Topliss-reactive ketones (excluding diaryl/α,β-unsaturated/α-hetero) is 1. The van der Waals surface area contributed by atoms with E-state index in [1.165, 1.54) is 11.1 Å². The monoisotopic (exact) mass is 416 g/mol. The Morgan fingerprint density at radius 1 is 1.10 bits per heavy atom. The van der Waals surface area contributed by atoms with Crippen LogP contribution >= 0.6 is 43.5 Å². The highest BCUT2D eigenvalue weighted by atomic mass is 79.9. The lowest BCUT2D eigenvalue weighted by Gasteiger charge is -2.23. The maximum Gasteiger partial charge on any atom is 0.165 e. The molecular weight excluding hydrogens is 403 g/mol. The number of halogens is 3. The van der Waals surface area contributed by atoms with Gasteiger partial charge in [-0.25, -0.2) is 0 Å². The third kappa shape index (κ3) is 1.89. The lowest BCUT2D eigenvalue weighted by atomic mass is 9.86. The molecule has 4 atom stereocenters. The minimum atomic E-state index is -0.825. The SMILES string of the molecule is O=C1[C@H]2C=CC=C[C@]1(Cl)CC1=C(C2)C[C@H]2[C@@H](C1)C2(Br)Br. The van der Waals surface area contributed by atoms with E-state index in [-0.39, 0.29) is 14.9 Å². The van der Waals surface area contributed by atoms with Crippen LogP contribution in [0.1, 0.15) is 25.7 Å². The molecule has 0 spiro atoms. The first-order chi connectivity index (χ1) is 9.42. The number of carbonyl (C=O) groups excluding carboxylic acids is 1. The highest BCUT2D eigenvalue weighted by Crippen LogP contribution is 2.69. The molecule has 0 radical (unpaired) electrons. The molecule has 4 heteroatoms. The van der Waals surface area contributed by atoms with Gasteiger partial charge in [0.25, 0.3) is 0 Å².